The number of thioether (sulfide) groups is 1. The third kappa shape index (κ3) is 3.87. The minimum absolute atomic E-state index is 0.0798. The molecular formula is C12H14N2OS. The van der Waals surface area contributed by atoms with Gasteiger partial charge >= 0.3 is 0 Å². The first kappa shape index (κ1) is 12.5. The molecule has 0 aromatic heterocycles. The van der Waals surface area contributed by atoms with Crippen molar-refractivity contribution in [2.24, 2.45) is 0 Å². The molecule has 0 radical (unpaired) electrons. The number of nitrogens with two attached hydrogens (primary N) is 1. The highest BCUT2D eigenvalue weighted by molar-refractivity contribution is 8.00. The molecule has 84 valence electrons. The third-order valence-corrected chi connectivity index (χ3v) is 2.99. The molecule has 0 aliphatic carbocycles. The van der Waals surface area contributed by atoms with Gasteiger partial charge in [-0.05, 0) is 24.6 Å². The van der Waals surface area contributed by atoms with Crippen molar-refractivity contribution >= 4 is 23.4 Å². The molecule has 0 atom stereocenters. The Balaban J connectivity index is 2.51. The van der Waals surface area contributed by atoms with Gasteiger partial charge in [0.1, 0.15) is 0 Å². The number of carbonyl (C=O) groups excluding carboxylic acids is 1. The first-order valence-electron chi connectivity index (χ1n) is 4.82. The number of hydrogen-bond acceptors (Lipinski definition) is 3. The van der Waals surface area contributed by atoms with Crippen molar-refractivity contribution in [3.63, 3.8) is 0 Å². The SMILES string of the molecule is C#CCNC(=O)CSc1cc(C)ccc1N. The average Bonchev–Trinajstić information content (AvgIpc) is 2.27. The molecule has 0 saturated carbocycles. The molecule has 1 amide bonds. The zero-order valence-electron chi connectivity index (χ0n) is 9.12. The van der Waals surface area contributed by atoms with Crippen molar-refractivity contribution in [1.29, 1.82) is 0 Å². The van der Waals surface area contributed by atoms with Crippen LogP contribution in [0.4, 0.5) is 5.69 Å². The van der Waals surface area contributed by atoms with Crippen LogP contribution in [-0.4, -0.2) is 18.2 Å². The van der Waals surface area contributed by atoms with Gasteiger partial charge in [-0.3, -0.25) is 4.79 Å². The van der Waals surface area contributed by atoms with Crippen LogP contribution in [-0.2, 0) is 4.79 Å². The summed E-state index contributed by atoms with van der Waals surface area (Å²) in [6, 6.07) is 5.75. The minimum atomic E-state index is -0.0798. The van der Waals surface area contributed by atoms with Crippen molar-refractivity contribution in [1.82, 2.24) is 5.32 Å². The van der Waals surface area contributed by atoms with Crippen molar-refractivity contribution < 1.29 is 4.79 Å². The molecular weight excluding hydrogens is 220 g/mol. The standard InChI is InChI=1S/C12H14N2OS/c1-3-6-14-12(15)8-16-11-7-9(2)4-5-10(11)13/h1,4-5,7H,6,8,13H2,2H3,(H,14,15). The Bertz CT molecular complexity index is 424. The molecule has 0 aliphatic heterocycles. The second-order valence-corrected chi connectivity index (χ2v) is 4.33. The molecule has 0 bridgehead atoms. The largest absolute Gasteiger partial charge is 0.398 e. The number of hydrogen-bond donors (Lipinski definition) is 2. The number of carbonyl (C=O) groups is 1. The van der Waals surface area contributed by atoms with Gasteiger partial charge in [-0.1, -0.05) is 12.0 Å². The van der Waals surface area contributed by atoms with E-state index in [4.69, 9.17) is 12.2 Å². The molecule has 0 spiro atoms. The molecule has 0 unspecified atom stereocenters. The van der Waals surface area contributed by atoms with Crippen LogP contribution in [0.2, 0.25) is 0 Å². The van der Waals surface area contributed by atoms with E-state index in [0.29, 0.717) is 11.4 Å². The molecule has 3 nitrogen and oxygen atoms in total. The smallest absolute Gasteiger partial charge is 0.231 e. The Hall–Kier alpha value is -1.60. The van der Waals surface area contributed by atoms with Crippen LogP contribution in [0.5, 0.6) is 0 Å². The Labute approximate surface area is 99.8 Å². The number of nitrogens with one attached hydrogen (secondary N) is 1. The Morgan fingerprint density at radius 3 is 3.06 bits per heavy atom. The molecule has 0 fully saturated rings. The predicted octanol–water partition coefficient (Wildman–Crippen LogP) is 1.42. The number of rotatable bonds is 4. The number of amides is 1. The van der Waals surface area contributed by atoms with Crippen LogP contribution >= 0.6 is 11.8 Å². The zero-order valence-corrected chi connectivity index (χ0v) is 9.93. The Kier molecular flexibility index (Phi) is 4.74. The third-order valence-electron chi connectivity index (χ3n) is 1.92. The van der Waals surface area contributed by atoms with Crippen LogP contribution in [0.15, 0.2) is 23.1 Å². The molecule has 3 N–H and O–H groups in total. The summed E-state index contributed by atoms with van der Waals surface area (Å²) in [5.74, 6) is 2.60. The van der Waals surface area contributed by atoms with Gasteiger partial charge in [0.05, 0.1) is 12.3 Å². The van der Waals surface area contributed by atoms with Gasteiger partial charge < -0.3 is 11.1 Å². The maximum absolute atomic E-state index is 11.3. The monoisotopic (exact) mass is 234 g/mol. The van der Waals surface area contributed by atoms with Crippen LogP contribution < -0.4 is 11.1 Å². The number of anilines is 1. The van der Waals surface area contributed by atoms with Crippen molar-refractivity contribution in [3.05, 3.63) is 23.8 Å². The highest BCUT2D eigenvalue weighted by Crippen LogP contribution is 2.25. The summed E-state index contributed by atoms with van der Waals surface area (Å²) >= 11 is 1.41. The lowest BCUT2D eigenvalue weighted by Crippen LogP contribution is -2.25. The molecule has 0 aliphatic rings. The summed E-state index contributed by atoms with van der Waals surface area (Å²) in [5, 5.41) is 2.60. The second-order valence-electron chi connectivity index (χ2n) is 3.31. The first-order valence-corrected chi connectivity index (χ1v) is 5.81. The molecule has 4 heteroatoms. The maximum Gasteiger partial charge on any atom is 0.231 e. The summed E-state index contributed by atoms with van der Waals surface area (Å²) in [7, 11) is 0. The van der Waals surface area contributed by atoms with E-state index >= 15 is 0 Å². The van der Waals surface area contributed by atoms with Crippen LogP contribution in [0.25, 0.3) is 0 Å². The van der Waals surface area contributed by atoms with Crippen molar-refractivity contribution in [3.8, 4) is 12.3 Å². The van der Waals surface area contributed by atoms with Gasteiger partial charge in [0.15, 0.2) is 0 Å². The lowest BCUT2D eigenvalue weighted by Gasteiger charge is -2.06. The average molecular weight is 234 g/mol. The van der Waals surface area contributed by atoms with E-state index in [-0.39, 0.29) is 12.5 Å². The van der Waals surface area contributed by atoms with Gasteiger partial charge in [0.2, 0.25) is 5.91 Å². The van der Waals surface area contributed by atoms with E-state index < -0.39 is 0 Å². The van der Waals surface area contributed by atoms with Crippen LogP contribution in [0, 0.1) is 19.3 Å². The number of terminal acetylenes is 1. The van der Waals surface area contributed by atoms with E-state index in [1.807, 2.05) is 25.1 Å². The summed E-state index contributed by atoms with van der Waals surface area (Å²) in [6.45, 7) is 2.25. The van der Waals surface area contributed by atoms with E-state index in [1.54, 1.807) is 0 Å². The van der Waals surface area contributed by atoms with E-state index in [2.05, 4.69) is 11.2 Å². The summed E-state index contributed by atoms with van der Waals surface area (Å²) in [6.07, 6.45) is 5.04. The van der Waals surface area contributed by atoms with Crippen LogP contribution in [0.3, 0.4) is 0 Å². The van der Waals surface area contributed by atoms with Crippen molar-refractivity contribution in [2.75, 3.05) is 18.0 Å². The fourth-order valence-corrected chi connectivity index (χ4v) is 2.00. The zero-order chi connectivity index (χ0) is 12.0. The lowest BCUT2D eigenvalue weighted by atomic mass is 10.2. The molecule has 1 rings (SSSR count). The van der Waals surface area contributed by atoms with Gasteiger partial charge in [-0.15, -0.1) is 18.2 Å². The normalized spacial score (nSPS) is 9.50. The molecule has 16 heavy (non-hydrogen) atoms. The molecule has 1 aromatic carbocycles. The molecule has 0 heterocycles. The Morgan fingerprint density at radius 2 is 2.38 bits per heavy atom. The van der Waals surface area contributed by atoms with Gasteiger partial charge in [-0.25, -0.2) is 0 Å². The number of benzene rings is 1. The maximum atomic E-state index is 11.3. The Morgan fingerprint density at radius 1 is 1.62 bits per heavy atom. The van der Waals surface area contributed by atoms with Gasteiger partial charge in [0.25, 0.3) is 0 Å². The number of aryl methyl sites for hydroxylation is 1. The second kappa shape index (κ2) is 6.09. The highest BCUT2D eigenvalue weighted by atomic mass is 32.2. The summed E-state index contributed by atoms with van der Waals surface area (Å²) in [4.78, 5) is 12.2. The fraction of sp³-hybridized carbons (Fsp3) is 0.250. The minimum Gasteiger partial charge on any atom is -0.398 e. The first-order chi connectivity index (χ1) is 7.63. The predicted molar refractivity (Wildman–Crippen MR) is 68.2 cm³/mol. The fourth-order valence-electron chi connectivity index (χ4n) is 1.11. The summed E-state index contributed by atoms with van der Waals surface area (Å²) < 4.78 is 0. The van der Waals surface area contributed by atoms with Crippen molar-refractivity contribution in [2.45, 2.75) is 11.8 Å². The highest BCUT2D eigenvalue weighted by Gasteiger charge is 2.04. The molecule has 1 aromatic rings. The summed E-state index contributed by atoms with van der Waals surface area (Å²) in [5.41, 5.74) is 7.61. The van der Waals surface area contributed by atoms with E-state index in [1.165, 1.54) is 11.8 Å². The quantitative estimate of drug-likeness (QED) is 0.470. The number of nitrogen functional groups attached to an aromatic ring is 1. The van der Waals surface area contributed by atoms with E-state index in [0.717, 1.165) is 10.5 Å². The topological polar surface area (TPSA) is 55.1 Å². The van der Waals surface area contributed by atoms with E-state index in [9.17, 15) is 4.79 Å². The van der Waals surface area contributed by atoms with Gasteiger partial charge in [-0.2, -0.15) is 0 Å². The lowest BCUT2D eigenvalue weighted by molar-refractivity contribution is -0.118. The van der Waals surface area contributed by atoms with Crippen LogP contribution in [0.1, 0.15) is 5.56 Å². The van der Waals surface area contributed by atoms with Gasteiger partial charge in [0, 0.05) is 10.6 Å². The molecule has 0 saturated heterocycles.